The molecule has 0 bridgehead atoms. The van der Waals surface area contributed by atoms with Gasteiger partial charge in [-0.3, -0.25) is 0 Å². The van der Waals surface area contributed by atoms with Crippen molar-refractivity contribution in [2.24, 2.45) is 0 Å². The molecule has 0 radical (unpaired) electrons. The van der Waals surface area contributed by atoms with E-state index in [0.29, 0.717) is 0 Å². The van der Waals surface area contributed by atoms with Crippen LogP contribution in [0.1, 0.15) is 25.0 Å². The van der Waals surface area contributed by atoms with Gasteiger partial charge >= 0.3 is 0 Å². The van der Waals surface area contributed by atoms with E-state index < -0.39 is 0 Å². The molecule has 0 spiro atoms. The molecule has 1 atom stereocenters. The van der Waals surface area contributed by atoms with E-state index >= 15 is 0 Å². The molecule has 128 valence electrons. The first kappa shape index (κ1) is 16.9. The highest BCUT2D eigenvalue weighted by molar-refractivity contribution is 6.30. The van der Waals surface area contributed by atoms with Crippen molar-refractivity contribution in [2.45, 2.75) is 19.3 Å². The first-order valence-electron chi connectivity index (χ1n) is 8.91. The zero-order valence-electron chi connectivity index (χ0n) is 15.0. The highest BCUT2D eigenvalue weighted by Gasteiger charge is 2.43. The Morgan fingerprint density at radius 3 is 2.27 bits per heavy atom. The van der Waals surface area contributed by atoms with Gasteiger partial charge in [-0.2, -0.15) is 0 Å². The third-order valence-corrected chi connectivity index (χ3v) is 5.43. The standard InChI is InChI=1S/C25H21Cl/c1-18(2)24-17-22(19-9-5-3-6-10-19)23-11-7-4-8-16-25(23,24)20-12-14-21(26)15-13-20/h3-17H,1-2H3. The van der Waals surface area contributed by atoms with Crippen molar-refractivity contribution in [1.82, 2.24) is 0 Å². The van der Waals surface area contributed by atoms with Crippen molar-refractivity contribution in [3.05, 3.63) is 124 Å². The summed E-state index contributed by atoms with van der Waals surface area (Å²) in [6.45, 7) is 4.39. The van der Waals surface area contributed by atoms with E-state index in [9.17, 15) is 0 Å². The topological polar surface area (TPSA) is 0 Å². The summed E-state index contributed by atoms with van der Waals surface area (Å²) in [6.07, 6.45) is 13.3. The number of hydrogen-bond donors (Lipinski definition) is 0. The molecule has 2 aromatic rings. The third-order valence-electron chi connectivity index (χ3n) is 5.18. The highest BCUT2D eigenvalue weighted by atomic mass is 35.5. The van der Waals surface area contributed by atoms with Crippen LogP contribution in [-0.4, -0.2) is 0 Å². The predicted molar refractivity (Wildman–Crippen MR) is 112 cm³/mol. The van der Waals surface area contributed by atoms with Crippen LogP contribution in [0.2, 0.25) is 5.02 Å². The van der Waals surface area contributed by atoms with Gasteiger partial charge in [0.25, 0.3) is 0 Å². The van der Waals surface area contributed by atoms with Crippen molar-refractivity contribution in [2.75, 3.05) is 0 Å². The Morgan fingerprint density at radius 2 is 1.58 bits per heavy atom. The predicted octanol–water partition coefficient (Wildman–Crippen LogP) is 7.06. The average Bonchev–Trinajstić information content (AvgIpc) is 2.83. The van der Waals surface area contributed by atoms with Crippen molar-refractivity contribution in [1.29, 1.82) is 0 Å². The first-order chi connectivity index (χ1) is 12.6. The quantitative estimate of drug-likeness (QED) is 0.540. The van der Waals surface area contributed by atoms with Crippen molar-refractivity contribution >= 4 is 17.2 Å². The molecule has 0 nitrogen and oxygen atoms in total. The molecule has 26 heavy (non-hydrogen) atoms. The zero-order chi connectivity index (χ0) is 18.1. The molecule has 2 aromatic carbocycles. The summed E-state index contributed by atoms with van der Waals surface area (Å²) in [6, 6.07) is 18.9. The van der Waals surface area contributed by atoms with E-state index in [1.165, 1.54) is 33.4 Å². The summed E-state index contributed by atoms with van der Waals surface area (Å²) in [5, 5.41) is 0.763. The number of hydrogen-bond acceptors (Lipinski definition) is 0. The fourth-order valence-corrected chi connectivity index (χ4v) is 4.15. The fourth-order valence-electron chi connectivity index (χ4n) is 4.03. The Morgan fingerprint density at radius 1 is 0.846 bits per heavy atom. The Bertz CT molecular complexity index is 978. The lowest BCUT2D eigenvalue weighted by atomic mass is 9.69. The third kappa shape index (κ3) is 2.62. The second kappa shape index (κ2) is 6.63. The smallest absolute Gasteiger partial charge is 0.0640 e. The molecule has 1 heteroatoms. The van der Waals surface area contributed by atoms with Gasteiger partial charge in [0, 0.05) is 5.02 Å². The van der Waals surface area contributed by atoms with Crippen molar-refractivity contribution in [3.8, 4) is 0 Å². The van der Waals surface area contributed by atoms with Gasteiger partial charge in [0.1, 0.15) is 0 Å². The summed E-state index contributed by atoms with van der Waals surface area (Å²) in [7, 11) is 0. The number of fused-ring (bicyclic) bond motifs is 1. The fraction of sp³-hybridized carbons (Fsp3) is 0.120. The van der Waals surface area contributed by atoms with Crippen molar-refractivity contribution in [3.63, 3.8) is 0 Å². The molecule has 0 aliphatic heterocycles. The van der Waals surface area contributed by atoms with Gasteiger partial charge < -0.3 is 0 Å². The van der Waals surface area contributed by atoms with E-state index in [1.807, 2.05) is 12.1 Å². The molecule has 0 saturated heterocycles. The molecule has 0 saturated carbocycles. The summed E-state index contributed by atoms with van der Waals surface area (Å²) in [5.41, 5.74) is 7.47. The van der Waals surface area contributed by atoms with Gasteiger partial charge in [-0.05, 0) is 59.9 Å². The minimum atomic E-state index is -0.280. The molecule has 0 N–H and O–H groups in total. The molecule has 2 aliphatic carbocycles. The van der Waals surface area contributed by atoms with E-state index in [4.69, 9.17) is 11.6 Å². The Hall–Kier alpha value is -2.57. The molecule has 0 fully saturated rings. The molecular formula is C25H21Cl. The van der Waals surface area contributed by atoms with Gasteiger partial charge in [0.2, 0.25) is 0 Å². The summed E-state index contributed by atoms with van der Waals surface area (Å²) in [4.78, 5) is 0. The molecule has 0 heterocycles. The van der Waals surface area contributed by atoms with Gasteiger partial charge in [-0.1, -0.05) is 90.0 Å². The van der Waals surface area contributed by atoms with Gasteiger partial charge in [-0.25, -0.2) is 0 Å². The van der Waals surface area contributed by atoms with E-state index in [2.05, 4.69) is 92.8 Å². The summed E-state index contributed by atoms with van der Waals surface area (Å²) < 4.78 is 0. The Kier molecular flexibility index (Phi) is 4.30. The van der Waals surface area contributed by atoms with Gasteiger partial charge in [0.15, 0.2) is 0 Å². The number of rotatable bonds is 2. The average molecular weight is 357 g/mol. The molecule has 0 amide bonds. The van der Waals surface area contributed by atoms with E-state index in [0.717, 1.165) is 5.02 Å². The normalized spacial score (nSPS) is 21.1. The van der Waals surface area contributed by atoms with Crippen LogP contribution in [-0.2, 0) is 5.41 Å². The lowest BCUT2D eigenvalue weighted by molar-refractivity contribution is 0.791. The molecular weight excluding hydrogens is 336 g/mol. The number of allylic oxidation sites excluding steroid dienone is 10. The van der Waals surface area contributed by atoms with Crippen LogP contribution in [0.15, 0.2) is 108 Å². The van der Waals surface area contributed by atoms with Crippen molar-refractivity contribution < 1.29 is 0 Å². The second-order valence-electron chi connectivity index (χ2n) is 6.98. The molecule has 4 rings (SSSR count). The maximum absolute atomic E-state index is 6.18. The van der Waals surface area contributed by atoms with Crippen LogP contribution in [0.4, 0.5) is 0 Å². The minimum Gasteiger partial charge on any atom is -0.0843 e. The second-order valence-corrected chi connectivity index (χ2v) is 7.41. The zero-order valence-corrected chi connectivity index (χ0v) is 15.8. The lowest BCUT2D eigenvalue weighted by Gasteiger charge is -2.32. The van der Waals surface area contributed by atoms with Crippen LogP contribution in [0.25, 0.3) is 5.57 Å². The molecule has 1 unspecified atom stereocenters. The van der Waals surface area contributed by atoms with E-state index in [-0.39, 0.29) is 5.41 Å². The Labute approximate surface area is 160 Å². The minimum absolute atomic E-state index is 0.280. The SMILES string of the molecule is CC(C)=C1C=C(c2ccccc2)C2=CC=CC=CC21c1ccc(Cl)cc1. The van der Waals surface area contributed by atoms with E-state index in [1.54, 1.807) is 0 Å². The molecule has 0 aromatic heterocycles. The number of halogens is 1. The van der Waals surface area contributed by atoms with Crippen LogP contribution >= 0.6 is 11.6 Å². The highest BCUT2D eigenvalue weighted by Crippen LogP contribution is 2.54. The van der Waals surface area contributed by atoms with Crippen LogP contribution < -0.4 is 0 Å². The van der Waals surface area contributed by atoms with Crippen LogP contribution in [0.3, 0.4) is 0 Å². The number of benzene rings is 2. The Balaban J connectivity index is 2.02. The summed E-state index contributed by atoms with van der Waals surface area (Å²) >= 11 is 6.18. The van der Waals surface area contributed by atoms with Gasteiger partial charge in [0.05, 0.1) is 5.41 Å². The first-order valence-corrected chi connectivity index (χ1v) is 9.29. The molecule has 2 aliphatic rings. The summed E-state index contributed by atoms with van der Waals surface area (Å²) in [5.74, 6) is 0. The van der Waals surface area contributed by atoms with Gasteiger partial charge in [-0.15, -0.1) is 0 Å². The monoisotopic (exact) mass is 356 g/mol. The van der Waals surface area contributed by atoms with Crippen LogP contribution in [0, 0.1) is 0 Å². The van der Waals surface area contributed by atoms with Crippen LogP contribution in [0.5, 0.6) is 0 Å². The largest absolute Gasteiger partial charge is 0.0843 e. The maximum atomic E-state index is 6.18. The lowest BCUT2D eigenvalue weighted by Crippen LogP contribution is -2.25. The maximum Gasteiger partial charge on any atom is 0.0640 e.